The van der Waals surface area contributed by atoms with Crippen molar-refractivity contribution in [3.05, 3.63) is 59.7 Å². The highest BCUT2D eigenvalue weighted by Gasteiger charge is 2.03. The van der Waals surface area contributed by atoms with E-state index in [0.29, 0.717) is 0 Å². The maximum absolute atomic E-state index is 12.3. The summed E-state index contributed by atoms with van der Waals surface area (Å²) in [6.07, 6.45) is 30.7. The maximum atomic E-state index is 12.3. The minimum absolute atomic E-state index is 0.109. The second-order valence-corrected chi connectivity index (χ2v) is 12.9. The first-order valence-electron chi connectivity index (χ1n) is 18.7. The number of carbonyl (C=O) groups excluding carboxylic acids is 1. The summed E-state index contributed by atoms with van der Waals surface area (Å²) in [4.78, 5) is 12.3. The molecule has 0 aliphatic heterocycles. The quantitative estimate of drug-likeness (QED) is 0.0845. The Morgan fingerprint density at radius 1 is 0.455 bits per heavy atom. The van der Waals surface area contributed by atoms with E-state index in [1.807, 2.05) is 12.1 Å². The van der Waals surface area contributed by atoms with Crippen LogP contribution in [0.4, 0.5) is 16.2 Å². The number of rotatable bonds is 28. The van der Waals surface area contributed by atoms with E-state index in [9.17, 15) is 4.79 Å². The van der Waals surface area contributed by atoms with Crippen molar-refractivity contribution in [2.45, 2.75) is 162 Å². The van der Waals surface area contributed by atoms with Gasteiger partial charge in [-0.15, -0.1) is 0 Å². The van der Waals surface area contributed by atoms with Crippen LogP contribution in [0.3, 0.4) is 0 Å². The van der Waals surface area contributed by atoms with E-state index < -0.39 is 0 Å². The average molecular weight is 606 g/mol. The van der Waals surface area contributed by atoms with E-state index >= 15 is 0 Å². The molecule has 0 atom stereocenters. The van der Waals surface area contributed by atoms with Gasteiger partial charge in [0.1, 0.15) is 0 Å². The Hall–Kier alpha value is -2.49. The molecule has 0 bridgehead atoms. The SMILES string of the molecule is CCCCCCCCCCCCCCCCCCNC(=O)Nc1ccc(Cc2ccc(NCCCCCCCC)cc2)cc1. The average Bonchev–Trinajstić information content (AvgIpc) is 3.04. The molecule has 2 amide bonds. The lowest BCUT2D eigenvalue weighted by Crippen LogP contribution is -2.29. The van der Waals surface area contributed by atoms with E-state index in [4.69, 9.17) is 0 Å². The zero-order valence-electron chi connectivity index (χ0n) is 28.7. The maximum Gasteiger partial charge on any atom is 0.319 e. The van der Waals surface area contributed by atoms with Crippen molar-refractivity contribution in [1.82, 2.24) is 5.32 Å². The summed E-state index contributed by atoms with van der Waals surface area (Å²) in [5.74, 6) is 0. The minimum atomic E-state index is -0.109. The van der Waals surface area contributed by atoms with Crippen molar-refractivity contribution in [3.8, 4) is 0 Å². The van der Waals surface area contributed by atoms with Gasteiger partial charge in [-0.25, -0.2) is 4.79 Å². The second-order valence-electron chi connectivity index (χ2n) is 12.9. The zero-order valence-corrected chi connectivity index (χ0v) is 28.7. The van der Waals surface area contributed by atoms with Crippen LogP contribution < -0.4 is 16.0 Å². The van der Waals surface area contributed by atoms with Gasteiger partial charge < -0.3 is 16.0 Å². The van der Waals surface area contributed by atoms with Crippen LogP contribution in [0, 0.1) is 0 Å². The first kappa shape index (κ1) is 37.7. The van der Waals surface area contributed by atoms with Crippen molar-refractivity contribution < 1.29 is 4.79 Å². The first-order valence-corrected chi connectivity index (χ1v) is 18.7. The molecule has 2 aromatic rings. The van der Waals surface area contributed by atoms with Crippen LogP contribution in [0.5, 0.6) is 0 Å². The zero-order chi connectivity index (χ0) is 31.3. The van der Waals surface area contributed by atoms with Gasteiger partial charge in [-0.1, -0.05) is 167 Å². The molecule has 248 valence electrons. The van der Waals surface area contributed by atoms with Gasteiger partial charge in [0, 0.05) is 24.5 Å². The van der Waals surface area contributed by atoms with E-state index in [1.54, 1.807) is 0 Å². The van der Waals surface area contributed by atoms with Crippen molar-refractivity contribution in [2.24, 2.45) is 0 Å². The second kappa shape index (κ2) is 26.9. The molecular weight excluding hydrogens is 538 g/mol. The number of benzene rings is 2. The molecular formula is C40H67N3O. The molecule has 0 radical (unpaired) electrons. The van der Waals surface area contributed by atoms with E-state index in [-0.39, 0.29) is 6.03 Å². The molecule has 0 saturated heterocycles. The van der Waals surface area contributed by atoms with Gasteiger partial charge in [-0.05, 0) is 54.7 Å². The van der Waals surface area contributed by atoms with E-state index in [1.165, 1.54) is 152 Å². The van der Waals surface area contributed by atoms with Gasteiger partial charge in [0.2, 0.25) is 0 Å². The number of hydrogen-bond donors (Lipinski definition) is 3. The molecule has 0 heterocycles. The molecule has 0 unspecified atom stereocenters. The number of carbonyl (C=O) groups is 1. The largest absolute Gasteiger partial charge is 0.385 e. The molecule has 0 fully saturated rings. The normalized spacial score (nSPS) is 11.0. The standard InChI is InChI=1S/C40H67N3O/c1-3-5-7-9-11-12-13-14-15-16-17-18-19-20-22-24-34-42-40(44)43-39-31-27-37(28-32-39)35-36-25-29-38(30-26-36)41-33-23-21-10-8-6-4-2/h25-32,41H,3-24,33-35H2,1-2H3,(H2,42,43,44). The van der Waals surface area contributed by atoms with Crippen molar-refractivity contribution in [2.75, 3.05) is 23.7 Å². The molecule has 44 heavy (non-hydrogen) atoms. The smallest absolute Gasteiger partial charge is 0.319 e. The van der Waals surface area contributed by atoms with Gasteiger partial charge in [-0.2, -0.15) is 0 Å². The third-order valence-electron chi connectivity index (χ3n) is 8.75. The third-order valence-corrected chi connectivity index (χ3v) is 8.75. The van der Waals surface area contributed by atoms with Gasteiger partial charge in [0.05, 0.1) is 0 Å². The number of amides is 2. The van der Waals surface area contributed by atoms with Gasteiger partial charge >= 0.3 is 6.03 Å². The predicted octanol–water partition coefficient (Wildman–Crippen LogP) is 12.4. The molecule has 0 spiro atoms. The van der Waals surface area contributed by atoms with Crippen molar-refractivity contribution in [1.29, 1.82) is 0 Å². The van der Waals surface area contributed by atoms with E-state index in [0.717, 1.165) is 31.6 Å². The third kappa shape index (κ3) is 20.5. The van der Waals surface area contributed by atoms with Crippen LogP contribution in [-0.4, -0.2) is 19.1 Å². The lowest BCUT2D eigenvalue weighted by atomic mass is 10.0. The molecule has 3 N–H and O–H groups in total. The Labute approximate surface area is 272 Å². The molecule has 2 rings (SSSR count). The van der Waals surface area contributed by atoms with E-state index in [2.05, 4.69) is 66.2 Å². The van der Waals surface area contributed by atoms with Crippen LogP contribution in [0.1, 0.15) is 166 Å². The Balaban J connectivity index is 1.44. The number of hydrogen-bond acceptors (Lipinski definition) is 2. The van der Waals surface area contributed by atoms with Gasteiger partial charge in [0.15, 0.2) is 0 Å². The van der Waals surface area contributed by atoms with Gasteiger partial charge in [-0.3, -0.25) is 0 Å². The lowest BCUT2D eigenvalue weighted by Gasteiger charge is -2.10. The summed E-state index contributed by atoms with van der Waals surface area (Å²) in [6.45, 7) is 6.34. The highest BCUT2D eigenvalue weighted by Crippen LogP contribution is 2.17. The Morgan fingerprint density at radius 3 is 1.25 bits per heavy atom. The summed E-state index contributed by atoms with van der Waals surface area (Å²) in [6, 6.07) is 16.9. The fourth-order valence-electron chi connectivity index (χ4n) is 5.87. The summed E-state index contributed by atoms with van der Waals surface area (Å²) in [5, 5.41) is 9.54. The molecule has 0 aliphatic rings. The molecule has 0 aromatic heterocycles. The Morgan fingerprint density at radius 2 is 0.818 bits per heavy atom. The van der Waals surface area contributed by atoms with Crippen LogP contribution in [0.25, 0.3) is 0 Å². The first-order chi connectivity index (χ1) is 21.7. The summed E-state index contributed by atoms with van der Waals surface area (Å²) in [7, 11) is 0. The number of nitrogens with one attached hydrogen (secondary N) is 3. The monoisotopic (exact) mass is 606 g/mol. The molecule has 4 heteroatoms. The van der Waals surface area contributed by atoms with Crippen LogP contribution in [-0.2, 0) is 6.42 Å². The summed E-state index contributed by atoms with van der Waals surface area (Å²) in [5.41, 5.74) is 4.59. The fraction of sp³-hybridized carbons (Fsp3) is 0.675. The fourth-order valence-corrected chi connectivity index (χ4v) is 5.87. The number of urea groups is 1. The van der Waals surface area contributed by atoms with Crippen LogP contribution in [0.2, 0.25) is 0 Å². The van der Waals surface area contributed by atoms with Crippen LogP contribution >= 0.6 is 0 Å². The molecule has 0 saturated carbocycles. The van der Waals surface area contributed by atoms with Gasteiger partial charge in [0.25, 0.3) is 0 Å². The number of anilines is 2. The summed E-state index contributed by atoms with van der Waals surface area (Å²) < 4.78 is 0. The van der Waals surface area contributed by atoms with Crippen molar-refractivity contribution >= 4 is 17.4 Å². The lowest BCUT2D eigenvalue weighted by molar-refractivity contribution is 0.252. The highest BCUT2D eigenvalue weighted by molar-refractivity contribution is 5.89. The molecule has 2 aromatic carbocycles. The Kier molecular flexibility index (Phi) is 23.0. The molecule has 4 nitrogen and oxygen atoms in total. The molecule has 0 aliphatic carbocycles. The van der Waals surface area contributed by atoms with Crippen LogP contribution in [0.15, 0.2) is 48.5 Å². The highest BCUT2D eigenvalue weighted by atomic mass is 16.2. The van der Waals surface area contributed by atoms with Crippen molar-refractivity contribution in [3.63, 3.8) is 0 Å². The topological polar surface area (TPSA) is 53.2 Å². The Bertz CT molecular complexity index is 925. The minimum Gasteiger partial charge on any atom is -0.385 e. The predicted molar refractivity (Wildman–Crippen MR) is 194 cm³/mol. The summed E-state index contributed by atoms with van der Waals surface area (Å²) >= 11 is 0. The number of unbranched alkanes of at least 4 members (excludes halogenated alkanes) is 20.